The average molecular weight is 358 g/mol. The predicted molar refractivity (Wildman–Crippen MR) is 93.8 cm³/mol. The Balaban J connectivity index is 1.91. The van der Waals surface area contributed by atoms with Crippen molar-refractivity contribution in [2.45, 2.75) is 31.7 Å². The van der Waals surface area contributed by atoms with E-state index in [4.69, 9.17) is 0 Å². The summed E-state index contributed by atoms with van der Waals surface area (Å²) in [6.45, 7) is 5.14. The van der Waals surface area contributed by atoms with Crippen molar-refractivity contribution in [3.05, 3.63) is 59.2 Å². The fourth-order valence-corrected chi connectivity index (χ4v) is 4.52. The Morgan fingerprint density at radius 3 is 2.48 bits per heavy atom. The summed E-state index contributed by atoms with van der Waals surface area (Å²) in [6.07, 6.45) is 0. The molecule has 25 heavy (non-hydrogen) atoms. The molecule has 1 unspecified atom stereocenters. The van der Waals surface area contributed by atoms with E-state index in [-0.39, 0.29) is 10.5 Å². The van der Waals surface area contributed by atoms with Gasteiger partial charge in [0.1, 0.15) is 10.9 Å². The number of carbonyl (C=O) groups excluding carboxylic acids is 2. The van der Waals surface area contributed by atoms with Gasteiger partial charge in [0.05, 0.1) is 5.56 Å². The van der Waals surface area contributed by atoms with Gasteiger partial charge >= 0.3 is 0 Å². The average Bonchev–Trinajstić information content (AvgIpc) is 2.77. The van der Waals surface area contributed by atoms with E-state index in [1.54, 1.807) is 18.2 Å². The predicted octanol–water partition coefficient (Wildman–Crippen LogP) is 2.48. The van der Waals surface area contributed by atoms with E-state index in [0.29, 0.717) is 9.99 Å². The van der Waals surface area contributed by atoms with Crippen molar-refractivity contribution in [1.29, 1.82) is 0 Å². The highest BCUT2D eigenvalue weighted by Gasteiger charge is 2.45. The van der Waals surface area contributed by atoms with Crippen LogP contribution in [0.4, 0.5) is 5.69 Å². The number of nitrogens with zero attached hydrogens (tertiary/aromatic N) is 1. The molecule has 0 aromatic heterocycles. The van der Waals surface area contributed by atoms with E-state index in [2.05, 4.69) is 5.32 Å². The van der Waals surface area contributed by atoms with Crippen molar-refractivity contribution >= 4 is 27.5 Å². The van der Waals surface area contributed by atoms with Crippen LogP contribution >= 0.6 is 0 Å². The van der Waals surface area contributed by atoms with Crippen LogP contribution in [0.5, 0.6) is 0 Å². The van der Waals surface area contributed by atoms with E-state index in [0.717, 1.165) is 11.1 Å². The lowest BCUT2D eigenvalue weighted by atomic mass is 10.1. The molecule has 2 amide bonds. The van der Waals surface area contributed by atoms with Crippen LogP contribution in [-0.2, 0) is 14.8 Å². The van der Waals surface area contributed by atoms with E-state index < -0.39 is 27.9 Å². The number of anilines is 1. The van der Waals surface area contributed by atoms with Crippen molar-refractivity contribution in [2.75, 3.05) is 5.32 Å². The molecule has 0 radical (unpaired) electrons. The second-order valence-corrected chi connectivity index (χ2v) is 7.87. The highest BCUT2D eigenvalue weighted by molar-refractivity contribution is 7.90. The van der Waals surface area contributed by atoms with Crippen LogP contribution < -0.4 is 5.32 Å². The third kappa shape index (κ3) is 2.80. The molecular weight excluding hydrogens is 340 g/mol. The maximum absolute atomic E-state index is 12.6. The lowest BCUT2D eigenvalue weighted by Crippen LogP contribution is -2.45. The summed E-state index contributed by atoms with van der Waals surface area (Å²) in [6, 6.07) is 10.4. The van der Waals surface area contributed by atoms with E-state index in [1.165, 1.54) is 19.1 Å². The lowest BCUT2D eigenvalue weighted by molar-refractivity contribution is -0.118. The number of fused-ring (bicyclic) bond motifs is 1. The molecule has 1 aliphatic rings. The molecule has 0 aliphatic carbocycles. The largest absolute Gasteiger partial charge is 0.324 e. The second-order valence-electron chi connectivity index (χ2n) is 6.09. The first-order chi connectivity index (χ1) is 11.7. The van der Waals surface area contributed by atoms with Gasteiger partial charge in [0.2, 0.25) is 5.91 Å². The number of aryl methyl sites for hydroxylation is 2. The summed E-state index contributed by atoms with van der Waals surface area (Å²) in [4.78, 5) is 25.0. The Bertz CT molecular complexity index is 982. The first-order valence-corrected chi connectivity index (χ1v) is 9.23. The van der Waals surface area contributed by atoms with Crippen molar-refractivity contribution in [3.8, 4) is 0 Å². The van der Waals surface area contributed by atoms with Crippen LogP contribution in [0.1, 0.15) is 28.4 Å². The molecule has 0 saturated heterocycles. The SMILES string of the molecule is Cc1ccc(C)c(NC(=O)C(C)N2C(=O)c3ccccc3S2(=O)=O)c1. The topological polar surface area (TPSA) is 83.6 Å². The van der Waals surface area contributed by atoms with Crippen LogP contribution in [-0.4, -0.2) is 30.6 Å². The zero-order chi connectivity index (χ0) is 18.4. The van der Waals surface area contributed by atoms with Gasteiger partial charge in [-0.05, 0) is 50.1 Å². The van der Waals surface area contributed by atoms with Crippen molar-refractivity contribution in [1.82, 2.24) is 4.31 Å². The zero-order valence-electron chi connectivity index (χ0n) is 14.1. The molecule has 3 rings (SSSR count). The standard InChI is InChI=1S/C18H18N2O4S/c1-11-8-9-12(2)15(10-11)19-17(21)13(3)20-18(22)14-6-4-5-7-16(14)25(20,23)24/h4-10,13H,1-3H3,(H,19,21). The summed E-state index contributed by atoms with van der Waals surface area (Å²) in [5.41, 5.74) is 2.50. The second kappa shape index (κ2) is 6.00. The summed E-state index contributed by atoms with van der Waals surface area (Å²) in [5.74, 6) is -1.24. The number of carbonyl (C=O) groups is 2. The Labute approximate surface area is 146 Å². The molecule has 130 valence electrons. The number of rotatable bonds is 3. The molecule has 0 fully saturated rings. The Kier molecular flexibility index (Phi) is 4.12. The fraction of sp³-hybridized carbons (Fsp3) is 0.222. The van der Waals surface area contributed by atoms with Gasteiger partial charge < -0.3 is 5.32 Å². The fourth-order valence-electron chi connectivity index (χ4n) is 2.80. The van der Waals surface area contributed by atoms with Gasteiger partial charge in [-0.3, -0.25) is 9.59 Å². The number of hydrogen-bond acceptors (Lipinski definition) is 4. The molecule has 0 saturated carbocycles. The van der Waals surface area contributed by atoms with Gasteiger partial charge in [0.25, 0.3) is 15.9 Å². The smallest absolute Gasteiger partial charge is 0.269 e. The molecule has 0 bridgehead atoms. The van der Waals surface area contributed by atoms with Crippen LogP contribution in [0.2, 0.25) is 0 Å². The van der Waals surface area contributed by atoms with E-state index in [9.17, 15) is 18.0 Å². The quantitative estimate of drug-likeness (QED) is 0.914. The van der Waals surface area contributed by atoms with Gasteiger partial charge in [0, 0.05) is 5.69 Å². The molecule has 2 aromatic carbocycles. The number of amides is 2. The monoisotopic (exact) mass is 358 g/mol. The summed E-state index contributed by atoms with van der Waals surface area (Å²) in [7, 11) is -4.03. The van der Waals surface area contributed by atoms with Gasteiger partial charge in [-0.2, -0.15) is 0 Å². The van der Waals surface area contributed by atoms with Crippen molar-refractivity contribution < 1.29 is 18.0 Å². The Hall–Kier alpha value is -2.67. The third-order valence-corrected chi connectivity index (χ3v) is 6.15. The molecule has 1 heterocycles. The van der Waals surface area contributed by atoms with Crippen LogP contribution in [0.15, 0.2) is 47.4 Å². The molecule has 6 nitrogen and oxygen atoms in total. The van der Waals surface area contributed by atoms with Crippen molar-refractivity contribution in [3.63, 3.8) is 0 Å². The number of hydrogen-bond donors (Lipinski definition) is 1. The Morgan fingerprint density at radius 1 is 1.12 bits per heavy atom. The lowest BCUT2D eigenvalue weighted by Gasteiger charge is -2.22. The highest BCUT2D eigenvalue weighted by atomic mass is 32.2. The first-order valence-electron chi connectivity index (χ1n) is 7.79. The molecule has 1 atom stereocenters. The molecule has 1 aliphatic heterocycles. The van der Waals surface area contributed by atoms with Crippen LogP contribution in [0.25, 0.3) is 0 Å². The van der Waals surface area contributed by atoms with Crippen molar-refractivity contribution in [2.24, 2.45) is 0 Å². The summed E-state index contributed by atoms with van der Waals surface area (Å²) >= 11 is 0. The minimum absolute atomic E-state index is 0.0635. The van der Waals surface area contributed by atoms with Gasteiger partial charge in [-0.15, -0.1) is 0 Å². The molecule has 1 N–H and O–H groups in total. The van der Waals surface area contributed by atoms with Gasteiger partial charge in [-0.1, -0.05) is 24.3 Å². The molecule has 2 aromatic rings. The first kappa shape index (κ1) is 17.2. The van der Waals surface area contributed by atoms with Crippen LogP contribution in [0.3, 0.4) is 0 Å². The number of benzene rings is 2. The van der Waals surface area contributed by atoms with Gasteiger partial charge in [-0.25, -0.2) is 12.7 Å². The third-order valence-electron chi connectivity index (χ3n) is 4.24. The minimum atomic E-state index is -4.03. The molecule has 0 spiro atoms. The summed E-state index contributed by atoms with van der Waals surface area (Å²) in [5, 5.41) is 2.72. The maximum atomic E-state index is 12.6. The number of nitrogens with one attached hydrogen (secondary N) is 1. The van der Waals surface area contributed by atoms with Gasteiger partial charge in [0.15, 0.2) is 0 Å². The van der Waals surface area contributed by atoms with Crippen LogP contribution in [0, 0.1) is 13.8 Å². The van der Waals surface area contributed by atoms with E-state index in [1.807, 2.05) is 26.0 Å². The maximum Gasteiger partial charge on any atom is 0.269 e. The molecule has 7 heteroatoms. The zero-order valence-corrected chi connectivity index (χ0v) is 14.9. The van der Waals surface area contributed by atoms with E-state index >= 15 is 0 Å². The summed E-state index contributed by atoms with van der Waals surface area (Å²) < 4.78 is 25.9. The minimum Gasteiger partial charge on any atom is -0.324 e. The molecular formula is C18H18N2O4S. The number of sulfonamides is 1. The normalized spacial score (nSPS) is 16.4. The Morgan fingerprint density at radius 2 is 1.80 bits per heavy atom. The highest BCUT2D eigenvalue weighted by Crippen LogP contribution is 2.32.